The van der Waals surface area contributed by atoms with Gasteiger partial charge in [0.05, 0.1) is 11.7 Å². The van der Waals surface area contributed by atoms with E-state index in [9.17, 15) is 9.90 Å². The topological polar surface area (TPSA) is 82.4 Å². The summed E-state index contributed by atoms with van der Waals surface area (Å²) < 4.78 is 2.05. The van der Waals surface area contributed by atoms with E-state index >= 15 is 0 Å². The molecular weight excluding hydrogens is 498 g/mol. The van der Waals surface area contributed by atoms with Crippen LogP contribution in [0.15, 0.2) is 96.7 Å². The van der Waals surface area contributed by atoms with Crippen molar-refractivity contribution >= 4 is 11.5 Å². The minimum atomic E-state index is -0.942. The molecule has 1 aromatic heterocycles. The summed E-state index contributed by atoms with van der Waals surface area (Å²) in [5.41, 5.74) is 11.1. The number of fused-ring (bicyclic) bond motifs is 2. The molecule has 1 fully saturated rings. The first-order valence-electron chi connectivity index (χ1n) is 14.2. The van der Waals surface area contributed by atoms with Gasteiger partial charge in [-0.2, -0.15) is 10.1 Å². The molecule has 0 amide bonds. The first-order chi connectivity index (χ1) is 19.7. The van der Waals surface area contributed by atoms with Crippen molar-refractivity contribution in [3.05, 3.63) is 130 Å². The van der Waals surface area contributed by atoms with E-state index < -0.39 is 11.5 Å². The number of carboxylic acid groups (broad SMARTS) is 1. The van der Waals surface area contributed by atoms with Crippen LogP contribution in [-0.2, 0) is 12.0 Å². The van der Waals surface area contributed by atoms with Gasteiger partial charge in [-0.15, -0.1) is 0 Å². The van der Waals surface area contributed by atoms with Crippen LogP contribution in [0.2, 0.25) is 0 Å². The van der Waals surface area contributed by atoms with Crippen LogP contribution >= 0.6 is 0 Å². The monoisotopic (exact) mass is 531 g/mol. The summed E-state index contributed by atoms with van der Waals surface area (Å²) in [7, 11) is 0. The number of benzene rings is 3. The average molecular weight is 532 g/mol. The van der Waals surface area contributed by atoms with Gasteiger partial charge in [0.15, 0.2) is 5.69 Å². The van der Waals surface area contributed by atoms with Gasteiger partial charge in [0.25, 0.3) is 0 Å². The first kappa shape index (κ1) is 24.8. The van der Waals surface area contributed by atoms with Crippen molar-refractivity contribution in [1.82, 2.24) is 25.5 Å². The van der Waals surface area contributed by atoms with Crippen LogP contribution in [0, 0.1) is 0 Å². The normalized spacial score (nSPS) is 17.8. The van der Waals surface area contributed by atoms with Gasteiger partial charge in [-0.25, -0.2) is 4.79 Å². The lowest BCUT2D eigenvalue weighted by molar-refractivity contribution is 0.0687. The van der Waals surface area contributed by atoms with E-state index in [0.29, 0.717) is 13.0 Å². The second-order valence-corrected chi connectivity index (χ2v) is 10.9. The van der Waals surface area contributed by atoms with Crippen molar-refractivity contribution in [2.75, 3.05) is 19.6 Å². The van der Waals surface area contributed by atoms with Crippen molar-refractivity contribution in [2.24, 2.45) is 0 Å². The lowest BCUT2D eigenvalue weighted by Crippen LogP contribution is -2.52. The number of hydrogen-bond donors (Lipinski definition) is 3. The molecule has 0 unspecified atom stereocenters. The molecule has 0 atom stereocenters. The van der Waals surface area contributed by atoms with Gasteiger partial charge in [-0.3, -0.25) is 4.68 Å². The summed E-state index contributed by atoms with van der Waals surface area (Å²) in [5.74, 6) is -0.942. The number of aromatic nitrogens is 2. The van der Waals surface area contributed by atoms with Crippen LogP contribution in [0.5, 0.6) is 0 Å². The maximum absolute atomic E-state index is 12.3. The van der Waals surface area contributed by atoms with Gasteiger partial charge in [-0.05, 0) is 55.5 Å². The largest absolute Gasteiger partial charge is 0.476 e. The Morgan fingerprint density at radius 2 is 1.38 bits per heavy atom. The third kappa shape index (κ3) is 3.88. The predicted octanol–water partition coefficient (Wildman–Crippen LogP) is 4.98. The second-order valence-electron chi connectivity index (χ2n) is 10.9. The van der Waals surface area contributed by atoms with E-state index in [-0.39, 0.29) is 11.7 Å². The minimum Gasteiger partial charge on any atom is -0.476 e. The molecule has 3 N–H and O–H groups in total. The molecule has 1 aliphatic carbocycles. The molecule has 1 saturated heterocycles. The van der Waals surface area contributed by atoms with Crippen molar-refractivity contribution in [1.29, 1.82) is 0 Å². The van der Waals surface area contributed by atoms with Crippen LogP contribution in [0.3, 0.4) is 0 Å². The standard InChI is InChI=1S/C33H33N5O2/c39-32(40)30-27-16-17-29-28(31(27)38(36-30)26-18-20-34-21-19-26)22-37(35-29)33(23-10-4-1-5-11-23,24-12-6-2-7-13-24)25-14-8-3-9-15-25/h1-15,26,34-35H,16-22H2,(H,39,40). The van der Waals surface area contributed by atoms with E-state index in [2.05, 4.69) is 111 Å². The zero-order chi connectivity index (χ0) is 27.1. The Kier molecular flexibility index (Phi) is 6.25. The summed E-state index contributed by atoms with van der Waals surface area (Å²) >= 11 is 0. The molecule has 4 aromatic rings. The SMILES string of the molecule is O=C(O)c1nn(C2CCNCC2)c2c1CCC1=C2CN(C(c2ccccc2)(c2ccccc2)c2ccccc2)N1. The van der Waals surface area contributed by atoms with Crippen LogP contribution in [0.4, 0.5) is 0 Å². The lowest BCUT2D eigenvalue weighted by atomic mass is 9.76. The number of hydrogen-bond acceptors (Lipinski definition) is 5. The Balaban J connectivity index is 1.40. The van der Waals surface area contributed by atoms with E-state index in [0.717, 1.165) is 71.6 Å². The molecule has 0 saturated carbocycles. The molecule has 7 heteroatoms. The highest BCUT2D eigenvalue weighted by Crippen LogP contribution is 2.47. The molecule has 3 heterocycles. The molecule has 3 aromatic carbocycles. The molecule has 7 nitrogen and oxygen atoms in total. The molecule has 0 bridgehead atoms. The zero-order valence-corrected chi connectivity index (χ0v) is 22.4. The summed E-state index contributed by atoms with van der Waals surface area (Å²) in [6, 6.07) is 32.2. The number of piperidine rings is 1. The Morgan fingerprint density at radius 3 is 1.90 bits per heavy atom. The highest BCUT2D eigenvalue weighted by Gasteiger charge is 2.47. The molecule has 7 rings (SSSR count). The van der Waals surface area contributed by atoms with E-state index in [1.807, 2.05) is 0 Å². The fourth-order valence-corrected chi connectivity index (χ4v) is 6.92. The van der Waals surface area contributed by atoms with Gasteiger partial charge in [0.2, 0.25) is 0 Å². The Hall–Kier alpha value is -4.20. The molecule has 0 radical (unpaired) electrons. The van der Waals surface area contributed by atoms with Crippen LogP contribution in [0.1, 0.15) is 63.7 Å². The first-order valence-corrected chi connectivity index (χ1v) is 14.2. The summed E-state index contributed by atoms with van der Waals surface area (Å²) in [6.45, 7) is 2.45. The van der Waals surface area contributed by atoms with E-state index in [1.54, 1.807) is 0 Å². The molecule has 40 heavy (non-hydrogen) atoms. The van der Waals surface area contributed by atoms with Crippen LogP contribution in [0.25, 0.3) is 5.57 Å². The highest BCUT2D eigenvalue weighted by molar-refractivity contribution is 5.90. The van der Waals surface area contributed by atoms with Crippen molar-refractivity contribution in [3.8, 4) is 0 Å². The summed E-state index contributed by atoms with van der Waals surface area (Å²) in [4.78, 5) is 12.3. The predicted molar refractivity (Wildman–Crippen MR) is 155 cm³/mol. The fraction of sp³-hybridized carbons (Fsp3) is 0.273. The van der Waals surface area contributed by atoms with Gasteiger partial charge >= 0.3 is 5.97 Å². The second kappa shape index (κ2) is 10.1. The summed E-state index contributed by atoms with van der Waals surface area (Å²) in [6.07, 6.45) is 3.30. The highest BCUT2D eigenvalue weighted by atomic mass is 16.4. The number of carboxylic acids is 1. The van der Waals surface area contributed by atoms with Crippen molar-refractivity contribution in [2.45, 2.75) is 37.3 Å². The number of aromatic carboxylic acids is 1. The van der Waals surface area contributed by atoms with Gasteiger partial charge in [0, 0.05) is 23.4 Å². The third-order valence-electron chi connectivity index (χ3n) is 8.71. The third-order valence-corrected chi connectivity index (χ3v) is 8.71. The summed E-state index contributed by atoms with van der Waals surface area (Å²) in [5, 5.41) is 20.6. The van der Waals surface area contributed by atoms with Crippen LogP contribution in [-0.4, -0.2) is 45.5 Å². The number of nitrogens with zero attached hydrogens (tertiary/aromatic N) is 3. The van der Waals surface area contributed by atoms with Crippen molar-refractivity contribution in [3.63, 3.8) is 0 Å². The molecule has 0 spiro atoms. The maximum atomic E-state index is 12.3. The van der Waals surface area contributed by atoms with E-state index in [4.69, 9.17) is 5.10 Å². The molecule has 2 aliphatic heterocycles. The smallest absolute Gasteiger partial charge is 0.356 e. The van der Waals surface area contributed by atoms with Gasteiger partial charge in [0.1, 0.15) is 5.54 Å². The molecule has 202 valence electrons. The van der Waals surface area contributed by atoms with Gasteiger partial charge < -0.3 is 15.8 Å². The Bertz CT molecular complexity index is 1460. The average Bonchev–Trinajstić information content (AvgIpc) is 3.62. The van der Waals surface area contributed by atoms with Crippen LogP contribution < -0.4 is 10.7 Å². The number of allylic oxidation sites excluding steroid dienone is 1. The zero-order valence-electron chi connectivity index (χ0n) is 22.4. The number of nitrogens with one attached hydrogen (secondary N) is 2. The Morgan fingerprint density at radius 1 is 0.825 bits per heavy atom. The number of rotatable bonds is 6. The van der Waals surface area contributed by atoms with Crippen molar-refractivity contribution < 1.29 is 9.90 Å². The number of hydrazine groups is 1. The number of carbonyl (C=O) groups is 1. The molecular formula is C33H33N5O2. The molecule has 3 aliphatic rings. The van der Waals surface area contributed by atoms with E-state index in [1.165, 1.54) is 0 Å². The quantitative estimate of drug-likeness (QED) is 0.305. The Labute approximate surface area is 234 Å². The maximum Gasteiger partial charge on any atom is 0.356 e. The lowest BCUT2D eigenvalue weighted by Gasteiger charge is -2.43. The van der Waals surface area contributed by atoms with Gasteiger partial charge in [-0.1, -0.05) is 91.0 Å². The minimum absolute atomic E-state index is 0.186. The fourth-order valence-electron chi connectivity index (χ4n) is 6.92.